The lowest BCUT2D eigenvalue weighted by atomic mass is 9.80. The number of hydrogen-bond donors (Lipinski definition) is 0. The van der Waals surface area contributed by atoms with Gasteiger partial charge in [-0.1, -0.05) is 107 Å². The summed E-state index contributed by atoms with van der Waals surface area (Å²) in [5.41, 5.74) is 8.01. The van der Waals surface area contributed by atoms with E-state index in [4.69, 9.17) is 0 Å². The molecule has 1 aliphatic rings. The molecule has 0 amide bonds. The molecule has 1 aliphatic heterocycles. The highest BCUT2D eigenvalue weighted by Gasteiger charge is 2.30. The number of hydrogen-bond acceptors (Lipinski definition) is 2. The van der Waals surface area contributed by atoms with Crippen molar-refractivity contribution in [3.63, 3.8) is 0 Å². The third kappa shape index (κ3) is 5.48. The zero-order chi connectivity index (χ0) is 25.0. The fourth-order valence-corrected chi connectivity index (χ4v) is 4.25. The highest BCUT2D eigenvalue weighted by molar-refractivity contribution is 5.70. The molecule has 0 saturated heterocycles. The second kappa shape index (κ2) is 8.22. The van der Waals surface area contributed by atoms with E-state index in [1.54, 1.807) is 0 Å². The van der Waals surface area contributed by atoms with E-state index < -0.39 is 0 Å². The largest absolute Gasteiger partial charge is 0.315 e. The first-order valence-electron chi connectivity index (χ1n) is 12.2. The average Bonchev–Trinajstić information content (AvgIpc) is 3.14. The van der Waals surface area contributed by atoms with Crippen molar-refractivity contribution in [3.05, 3.63) is 77.7 Å². The molecule has 0 fully saturated rings. The molecule has 2 aromatic carbocycles. The van der Waals surface area contributed by atoms with Gasteiger partial charge in [-0.05, 0) is 56.0 Å². The Bertz CT molecular complexity index is 947. The Hall–Kier alpha value is -2.22. The van der Waals surface area contributed by atoms with Crippen LogP contribution in [0.5, 0.6) is 0 Å². The third-order valence-corrected chi connectivity index (χ3v) is 6.44. The van der Waals surface area contributed by atoms with Gasteiger partial charge in [0.2, 0.25) is 6.67 Å². The molecule has 33 heavy (non-hydrogen) atoms. The zero-order valence-corrected chi connectivity index (χ0v) is 23.0. The van der Waals surface area contributed by atoms with Gasteiger partial charge in [-0.3, -0.25) is 0 Å². The maximum absolute atomic E-state index is 3.66. The van der Waals surface area contributed by atoms with Gasteiger partial charge in [0.1, 0.15) is 0 Å². The first-order valence-corrected chi connectivity index (χ1v) is 12.2. The molecule has 3 rings (SSSR count). The minimum atomic E-state index is 0.0391. The number of benzene rings is 2. The molecule has 0 aliphatic carbocycles. The van der Waals surface area contributed by atoms with Crippen LogP contribution in [0.25, 0.3) is 0 Å². The van der Waals surface area contributed by atoms with Gasteiger partial charge in [-0.25, -0.2) is 0 Å². The lowest BCUT2D eigenvalue weighted by molar-refractivity contribution is 0.576. The molecule has 2 heteroatoms. The lowest BCUT2D eigenvalue weighted by Crippen LogP contribution is -2.26. The van der Waals surface area contributed by atoms with Crippen LogP contribution in [0.4, 0.5) is 11.4 Å². The summed E-state index contributed by atoms with van der Waals surface area (Å²) < 4.78 is 0. The molecule has 0 bridgehead atoms. The fourth-order valence-electron chi connectivity index (χ4n) is 4.25. The van der Waals surface area contributed by atoms with Crippen molar-refractivity contribution >= 4 is 11.4 Å². The number of rotatable bonds is 2. The van der Waals surface area contributed by atoms with E-state index in [1.165, 1.54) is 33.6 Å². The molecule has 2 radical (unpaired) electrons. The molecular formula is C31H44N2. The van der Waals surface area contributed by atoms with Crippen LogP contribution in [0.1, 0.15) is 105 Å². The quantitative estimate of drug-likeness (QED) is 0.457. The molecule has 2 aromatic rings. The summed E-state index contributed by atoms with van der Waals surface area (Å²) in [5, 5.41) is 0. The predicted octanol–water partition coefficient (Wildman–Crippen LogP) is 8.67. The normalized spacial score (nSPS) is 15.5. The Kier molecular flexibility index (Phi) is 6.33. The van der Waals surface area contributed by atoms with E-state index >= 15 is 0 Å². The minimum absolute atomic E-state index is 0.0391. The van der Waals surface area contributed by atoms with Crippen LogP contribution < -0.4 is 9.80 Å². The standard InChI is InChI=1S/C31H44N2/c1-28(2,3)22-13-15-24(30(7,8)9)26(19-22)32-17-18-33(21-32)27-20-23(29(4,5)6)14-16-25(27)31(10,11)12/h13-20H,1-12H3. The monoisotopic (exact) mass is 444 g/mol. The van der Waals surface area contributed by atoms with Crippen LogP contribution in [0, 0.1) is 6.67 Å². The molecule has 1 heterocycles. The van der Waals surface area contributed by atoms with Gasteiger partial charge in [0.15, 0.2) is 0 Å². The Morgan fingerprint density at radius 2 is 0.818 bits per heavy atom. The van der Waals surface area contributed by atoms with E-state index in [1.807, 2.05) is 0 Å². The summed E-state index contributed by atoms with van der Waals surface area (Å²) in [5.74, 6) is 0. The lowest BCUT2D eigenvalue weighted by Gasteiger charge is -2.32. The van der Waals surface area contributed by atoms with Gasteiger partial charge in [-0.2, -0.15) is 0 Å². The van der Waals surface area contributed by atoms with E-state index in [0.717, 1.165) is 0 Å². The summed E-state index contributed by atoms with van der Waals surface area (Å²) in [4.78, 5) is 4.35. The summed E-state index contributed by atoms with van der Waals surface area (Å²) in [6.45, 7) is 31.0. The summed E-state index contributed by atoms with van der Waals surface area (Å²) in [6.07, 6.45) is 4.29. The van der Waals surface area contributed by atoms with Gasteiger partial charge in [-0.15, -0.1) is 0 Å². The highest BCUT2D eigenvalue weighted by atomic mass is 15.3. The van der Waals surface area contributed by atoms with Crippen LogP contribution in [-0.4, -0.2) is 0 Å². The van der Waals surface area contributed by atoms with E-state index in [2.05, 4.69) is 148 Å². The Balaban J connectivity index is 2.07. The van der Waals surface area contributed by atoms with Crippen molar-refractivity contribution in [3.8, 4) is 0 Å². The molecule has 0 atom stereocenters. The van der Waals surface area contributed by atoms with Crippen molar-refractivity contribution < 1.29 is 0 Å². The van der Waals surface area contributed by atoms with Crippen molar-refractivity contribution in [2.75, 3.05) is 9.80 Å². The molecular weight excluding hydrogens is 400 g/mol. The van der Waals surface area contributed by atoms with Gasteiger partial charge in [0.25, 0.3) is 0 Å². The first kappa shape index (κ1) is 25.4. The van der Waals surface area contributed by atoms with Gasteiger partial charge in [0.05, 0.1) is 0 Å². The van der Waals surface area contributed by atoms with E-state index in [9.17, 15) is 0 Å². The molecule has 2 nitrogen and oxygen atoms in total. The van der Waals surface area contributed by atoms with Crippen LogP contribution in [-0.2, 0) is 21.7 Å². The Labute approximate surface area is 203 Å². The molecule has 0 saturated carbocycles. The Morgan fingerprint density at radius 3 is 1.09 bits per heavy atom. The van der Waals surface area contributed by atoms with Gasteiger partial charge < -0.3 is 9.80 Å². The van der Waals surface area contributed by atoms with Crippen molar-refractivity contribution in [1.29, 1.82) is 0 Å². The average molecular weight is 445 g/mol. The van der Waals surface area contributed by atoms with Crippen LogP contribution >= 0.6 is 0 Å². The van der Waals surface area contributed by atoms with Crippen molar-refractivity contribution in [1.82, 2.24) is 0 Å². The zero-order valence-electron chi connectivity index (χ0n) is 23.0. The summed E-state index contributed by atoms with van der Waals surface area (Å²) in [6, 6.07) is 13.9. The molecule has 0 unspecified atom stereocenters. The van der Waals surface area contributed by atoms with Crippen LogP contribution in [0.3, 0.4) is 0 Å². The van der Waals surface area contributed by atoms with Crippen LogP contribution in [0.2, 0.25) is 0 Å². The van der Waals surface area contributed by atoms with Crippen molar-refractivity contribution in [2.24, 2.45) is 0 Å². The van der Waals surface area contributed by atoms with E-state index in [0.29, 0.717) is 0 Å². The Morgan fingerprint density at radius 1 is 0.485 bits per heavy atom. The molecule has 178 valence electrons. The fraction of sp³-hybridized carbons (Fsp3) is 0.516. The van der Waals surface area contributed by atoms with Gasteiger partial charge >= 0.3 is 0 Å². The summed E-state index contributed by atoms with van der Waals surface area (Å²) >= 11 is 0. The smallest absolute Gasteiger partial charge is 0.217 e. The number of anilines is 2. The van der Waals surface area contributed by atoms with E-state index in [-0.39, 0.29) is 21.7 Å². The summed E-state index contributed by atoms with van der Waals surface area (Å²) in [7, 11) is 0. The topological polar surface area (TPSA) is 6.48 Å². The first-order chi connectivity index (χ1) is 14.9. The minimum Gasteiger partial charge on any atom is -0.315 e. The second-order valence-electron chi connectivity index (χ2n) is 13.6. The predicted molar refractivity (Wildman–Crippen MR) is 145 cm³/mol. The van der Waals surface area contributed by atoms with Crippen LogP contribution in [0.15, 0.2) is 48.8 Å². The molecule has 0 spiro atoms. The third-order valence-electron chi connectivity index (χ3n) is 6.44. The SMILES string of the molecule is CC(C)(C)c1ccc(C(C)(C)C)c(N2[C]N(c3cc(C(C)(C)C)ccc3C(C)(C)C)C=C2)c1. The maximum atomic E-state index is 3.66. The van der Waals surface area contributed by atoms with Gasteiger partial charge in [0, 0.05) is 23.8 Å². The molecule has 0 aromatic heterocycles. The maximum Gasteiger partial charge on any atom is 0.217 e. The number of nitrogens with zero attached hydrogens (tertiary/aromatic N) is 2. The van der Waals surface area contributed by atoms with Crippen molar-refractivity contribution in [2.45, 2.75) is 105 Å². The second-order valence-corrected chi connectivity index (χ2v) is 13.6. The molecule has 0 N–H and O–H groups in total. The highest BCUT2D eigenvalue weighted by Crippen LogP contribution is 2.41.